The molecule has 1 N–H and O–H groups in total. The van der Waals surface area contributed by atoms with Gasteiger partial charge >= 0.3 is 0 Å². The van der Waals surface area contributed by atoms with Crippen LogP contribution in [0.25, 0.3) is 11.0 Å². The maximum Gasteiger partial charge on any atom is 0.130 e. The summed E-state index contributed by atoms with van der Waals surface area (Å²) in [6.07, 6.45) is 2.92. The molecule has 0 aliphatic heterocycles. The molecule has 2 aromatic heterocycles. The molecular formula is C17H20N4. The zero-order valence-corrected chi connectivity index (χ0v) is 12.5. The number of rotatable bonds is 5. The van der Waals surface area contributed by atoms with E-state index >= 15 is 0 Å². The van der Waals surface area contributed by atoms with E-state index in [0.29, 0.717) is 0 Å². The van der Waals surface area contributed by atoms with Crippen LogP contribution in [0.1, 0.15) is 24.7 Å². The normalized spacial score (nSPS) is 11.0. The van der Waals surface area contributed by atoms with Crippen molar-refractivity contribution < 1.29 is 0 Å². The molecular weight excluding hydrogens is 260 g/mol. The quantitative estimate of drug-likeness (QED) is 0.776. The Hall–Kier alpha value is -2.36. The van der Waals surface area contributed by atoms with Gasteiger partial charge in [-0.15, -0.1) is 0 Å². The fourth-order valence-corrected chi connectivity index (χ4v) is 2.53. The van der Waals surface area contributed by atoms with Crippen LogP contribution in [0, 0.1) is 6.92 Å². The number of aromatic nitrogens is 3. The maximum atomic E-state index is 4.62. The summed E-state index contributed by atoms with van der Waals surface area (Å²) in [5.74, 6) is 2.00. The molecule has 108 valence electrons. The molecule has 0 atom stereocenters. The van der Waals surface area contributed by atoms with Crippen LogP contribution in [0.5, 0.6) is 0 Å². The van der Waals surface area contributed by atoms with Gasteiger partial charge in [0, 0.05) is 18.3 Å². The zero-order valence-electron chi connectivity index (χ0n) is 12.5. The highest BCUT2D eigenvalue weighted by Gasteiger charge is 2.09. The molecule has 0 amide bonds. The Morgan fingerprint density at radius 3 is 2.86 bits per heavy atom. The van der Waals surface area contributed by atoms with Gasteiger partial charge in [0.05, 0.1) is 17.6 Å². The van der Waals surface area contributed by atoms with E-state index in [9.17, 15) is 0 Å². The van der Waals surface area contributed by atoms with E-state index in [0.717, 1.165) is 36.7 Å². The van der Waals surface area contributed by atoms with Gasteiger partial charge in [-0.3, -0.25) is 0 Å². The number of pyridine rings is 1. The Morgan fingerprint density at radius 2 is 2.00 bits per heavy atom. The zero-order chi connectivity index (χ0) is 14.7. The van der Waals surface area contributed by atoms with Crippen molar-refractivity contribution >= 4 is 16.9 Å². The van der Waals surface area contributed by atoms with Crippen LogP contribution in [0.3, 0.4) is 0 Å². The number of hydrogen-bond donors (Lipinski definition) is 1. The molecule has 0 aliphatic carbocycles. The van der Waals surface area contributed by atoms with Gasteiger partial charge in [0.25, 0.3) is 0 Å². The largest absolute Gasteiger partial charge is 0.370 e. The maximum absolute atomic E-state index is 4.62. The standard InChI is InChI=1S/C17H20N4/c1-3-10-18-17-14(7-6-11-19-17)12-21-13(2)20-15-8-4-5-9-16(15)21/h4-9,11H,3,10,12H2,1-2H3,(H,18,19). The van der Waals surface area contributed by atoms with E-state index in [1.54, 1.807) is 0 Å². The average Bonchev–Trinajstić information content (AvgIpc) is 2.82. The van der Waals surface area contributed by atoms with Gasteiger partial charge in [0.1, 0.15) is 11.6 Å². The van der Waals surface area contributed by atoms with E-state index in [-0.39, 0.29) is 0 Å². The van der Waals surface area contributed by atoms with Crippen LogP contribution in [0.4, 0.5) is 5.82 Å². The first-order valence-electron chi connectivity index (χ1n) is 7.39. The van der Waals surface area contributed by atoms with Crippen LogP contribution in [-0.2, 0) is 6.54 Å². The first kappa shape index (κ1) is 13.6. The third-order valence-electron chi connectivity index (χ3n) is 3.61. The van der Waals surface area contributed by atoms with Crippen molar-refractivity contribution in [1.29, 1.82) is 0 Å². The predicted molar refractivity (Wildman–Crippen MR) is 86.6 cm³/mol. The fourth-order valence-electron chi connectivity index (χ4n) is 2.53. The van der Waals surface area contributed by atoms with Crippen molar-refractivity contribution in [2.24, 2.45) is 0 Å². The monoisotopic (exact) mass is 280 g/mol. The van der Waals surface area contributed by atoms with Crippen molar-refractivity contribution in [2.45, 2.75) is 26.8 Å². The molecule has 0 bridgehead atoms. The molecule has 0 radical (unpaired) electrons. The van der Waals surface area contributed by atoms with Crippen LogP contribution < -0.4 is 5.32 Å². The summed E-state index contributed by atoms with van der Waals surface area (Å²) in [7, 11) is 0. The van der Waals surface area contributed by atoms with Crippen molar-refractivity contribution in [3.8, 4) is 0 Å². The van der Waals surface area contributed by atoms with Gasteiger partial charge in [0.15, 0.2) is 0 Å². The Balaban J connectivity index is 1.97. The first-order valence-corrected chi connectivity index (χ1v) is 7.39. The minimum Gasteiger partial charge on any atom is -0.370 e. The van der Waals surface area contributed by atoms with Crippen LogP contribution in [0.2, 0.25) is 0 Å². The van der Waals surface area contributed by atoms with E-state index in [2.05, 4.69) is 58.0 Å². The van der Waals surface area contributed by atoms with Gasteiger partial charge in [0.2, 0.25) is 0 Å². The first-order chi connectivity index (χ1) is 10.3. The molecule has 0 unspecified atom stereocenters. The summed E-state index contributed by atoms with van der Waals surface area (Å²) in [4.78, 5) is 9.08. The second-order valence-corrected chi connectivity index (χ2v) is 5.17. The molecule has 0 fully saturated rings. The Bertz CT molecular complexity index is 745. The van der Waals surface area contributed by atoms with Crippen LogP contribution >= 0.6 is 0 Å². The highest BCUT2D eigenvalue weighted by molar-refractivity contribution is 5.76. The number of para-hydroxylation sites is 2. The Labute approximate surface area is 124 Å². The summed E-state index contributed by atoms with van der Waals surface area (Å²) in [6, 6.07) is 12.4. The highest BCUT2D eigenvalue weighted by Crippen LogP contribution is 2.20. The fraction of sp³-hybridized carbons (Fsp3) is 0.294. The highest BCUT2D eigenvalue weighted by atomic mass is 15.1. The molecule has 21 heavy (non-hydrogen) atoms. The summed E-state index contributed by atoms with van der Waals surface area (Å²) in [6.45, 7) is 5.93. The third-order valence-corrected chi connectivity index (χ3v) is 3.61. The number of fused-ring (bicyclic) bond motifs is 1. The van der Waals surface area contributed by atoms with E-state index in [1.807, 2.05) is 18.3 Å². The number of nitrogens with zero attached hydrogens (tertiary/aromatic N) is 3. The average molecular weight is 280 g/mol. The molecule has 0 aliphatic rings. The lowest BCUT2D eigenvalue weighted by Gasteiger charge is -2.12. The van der Waals surface area contributed by atoms with Gasteiger partial charge < -0.3 is 9.88 Å². The predicted octanol–water partition coefficient (Wildman–Crippen LogP) is 3.61. The van der Waals surface area contributed by atoms with Crippen molar-refractivity contribution in [2.75, 3.05) is 11.9 Å². The SMILES string of the molecule is CCCNc1ncccc1Cn1c(C)nc2ccccc21. The van der Waals surface area contributed by atoms with Crippen molar-refractivity contribution in [1.82, 2.24) is 14.5 Å². The number of imidazole rings is 1. The molecule has 3 aromatic rings. The molecule has 0 spiro atoms. The molecule has 0 saturated heterocycles. The Kier molecular flexibility index (Phi) is 3.86. The van der Waals surface area contributed by atoms with E-state index in [4.69, 9.17) is 0 Å². The van der Waals surface area contributed by atoms with Gasteiger partial charge in [-0.2, -0.15) is 0 Å². The minimum absolute atomic E-state index is 0.784. The topological polar surface area (TPSA) is 42.7 Å². The lowest BCUT2D eigenvalue weighted by atomic mass is 10.2. The number of nitrogens with one attached hydrogen (secondary N) is 1. The third kappa shape index (κ3) is 2.75. The van der Waals surface area contributed by atoms with Crippen LogP contribution in [-0.4, -0.2) is 21.1 Å². The van der Waals surface area contributed by atoms with Crippen molar-refractivity contribution in [3.63, 3.8) is 0 Å². The molecule has 4 heteroatoms. The van der Waals surface area contributed by atoms with E-state index < -0.39 is 0 Å². The lowest BCUT2D eigenvalue weighted by Crippen LogP contribution is -2.09. The smallest absolute Gasteiger partial charge is 0.130 e. The summed E-state index contributed by atoms with van der Waals surface area (Å²) in [5, 5.41) is 3.40. The van der Waals surface area contributed by atoms with E-state index in [1.165, 1.54) is 11.1 Å². The number of benzene rings is 1. The van der Waals surface area contributed by atoms with Gasteiger partial charge in [-0.25, -0.2) is 9.97 Å². The second kappa shape index (κ2) is 5.95. The van der Waals surface area contributed by atoms with Crippen LogP contribution in [0.15, 0.2) is 42.6 Å². The molecule has 3 rings (SSSR count). The summed E-state index contributed by atoms with van der Waals surface area (Å²) in [5.41, 5.74) is 3.40. The molecule has 2 heterocycles. The van der Waals surface area contributed by atoms with Crippen molar-refractivity contribution in [3.05, 3.63) is 54.0 Å². The second-order valence-electron chi connectivity index (χ2n) is 5.17. The number of anilines is 1. The minimum atomic E-state index is 0.784. The Morgan fingerprint density at radius 1 is 1.14 bits per heavy atom. The number of hydrogen-bond acceptors (Lipinski definition) is 3. The molecule has 0 saturated carbocycles. The summed E-state index contributed by atoms with van der Waals surface area (Å²) < 4.78 is 2.24. The number of aryl methyl sites for hydroxylation is 1. The van der Waals surface area contributed by atoms with Gasteiger partial charge in [-0.1, -0.05) is 25.1 Å². The van der Waals surface area contributed by atoms with Gasteiger partial charge in [-0.05, 0) is 31.5 Å². The lowest BCUT2D eigenvalue weighted by molar-refractivity contribution is 0.782. The molecule has 4 nitrogen and oxygen atoms in total. The molecule has 1 aromatic carbocycles. The summed E-state index contributed by atoms with van der Waals surface area (Å²) >= 11 is 0.